The van der Waals surface area contributed by atoms with Gasteiger partial charge >= 0.3 is 5.97 Å². The maximum absolute atomic E-state index is 11.9. The Morgan fingerprint density at radius 3 is 2.89 bits per heavy atom. The van der Waals surface area contributed by atoms with Gasteiger partial charge in [-0.15, -0.1) is 0 Å². The van der Waals surface area contributed by atoms with Crippen molar-refractivity contribution in [1.29, 1.82) is 0 Å². The fraction of sp³-hybridized carbons (Fsp3) is 0.400. The summed E-state index contributed by atoms with van der Waals surface area (Å²) < 4.78 is 5.07. The van der Waals surface area contributed by atoms with E-state index in [1.165, 1.54) is 0 Å². The average Bonchev–Trinajstić information content (AvgIpc) is 2.36. The van der Waals surface area contributed by atoms with Gasteiger partial charge < -0.3 is 10.5 Å². The molecule has 18 heavy (non-hydrogen) atoms. The molecular weight excluding hydrogens is 226 g/mol. The third-order valence-corrected chi connectivity index (χ3v) is 2.73. The largest absolute Gasteiger partial charge is 0.458 e. The van der Waals surface area contributed by atoms with E-state index in [2.05, 4.69) is 13.5 Å². The number of hydrogen-bond donors (Lipinski definition) is 1. The quantitative estimate of drug-likeness (QED) is 0.348. The van der Waals surface area contributed by atoms with Crippen molar-refractivity contribution in [3.05, 3.63) is 42.0 Å². The van der Waals surface area contributed by atoms with Crippen molar-refractivity contribution in [2.24, 2.45) is 0 Å². The van der Waals surface area contributed by atoms with Crippen molar-refractivity contribution in [3.8, 4) is 0 Å². The second kappa shape index (κ2) is 7.54. The number of carbonyl (C=O) groups excluding carboxylic acids is 1. The van der Waals surface area contributed by atoms with Gasteiger partial charge in [0.25, 0.3) is 0 Å². The smallest absolute Gasteiger partial charge is 0.338 e. The number of benzene rings is 1. The van der Waals surface area contributed by atoms with Crippen LogP contribution in [0.3, 0.4) is 0 Å². The lowest BCUT2D eigenvalue weighted by atomic mass is 10.0. The standard InChI is InChI=1S/C15H21NO2/c1-3-5-6-7-12-11-13(16)8-9-14(12)15(17)18-10-4-2/h4,8-9,11H,2-3,5-7,10,16H2,1H3. The van der Waals surface area contributed by atoms with E-state index in [0.717, 1.165) is 31.2 Å². The molecule has 0 spiro atoms. The molecule has 0 unspecified atom stereocenters. The molecule has 2 N–H and O–H groups in total. The van der Waals surface area contributed by atoms with Gasteiger partial charge in [-0.05, 0) is 36.6 Å². The number of hydrogen-bond acceptors (Lipinski definition) is 3. The molecule has 0 saturated heterocycles. The lowest BCUT2D eigenvalue weighted by molar-refractivity contribution is 0.0548. The summed E-state index contributed by atoms with van der Waals surface area (Å²) >= 11 is 0. The molecule has 0 aromatic heterocycles. The Bertz CT molecular complexity index is 413. The first-order valence-corrected chi connectivity index (χ1v) is 6.35. The van der Waals surface area contributed by atoms with Crippen LogP contribution >= 0.6 is 0 Å². The Kier molecular flexibility index (Phi) is 5.98. The zero-order chi connectivity index (χ0) is 13.4. The number of unbranched alkanes of at least 4 members (excludes halogenated alkanes) is 2. The van der Waals surface area contributed by atoms with Gasteiger partial charge in [-0.1, -0.05) is 32.4 Å². The van der Waals surface area contributed by atoms with Crippen molar-refractivity contribution >= 4 is 11.7 Å². The van der Waals surface area contributed by atoms with Crippen molar-refractivity contribution in [1.82, 2.24) is 0 Å². The first kappa shape index (κ1) is 14.3. The van der Waals surface area contributed by atoms with Crippen LogP contribution in [0.1, 0.15) is 42.1 Å². The van der Waals surface area contributed by atoms with Crippen molar-refractivity contribution in [2.45, 2.75) is 32.6 Å². The Hall–Kier alpha value is -1.77. The summed E-state index contributed by atoms with van der Waals surface area (Å²) in [4.78, 5) is 11.9. The maximum Gasteiger partial charge on any atom is 0.338 e. The molecule has 98 valence electrons. The molecule has 1 aromatic rings. The number of anilines is 1. The van der Waals surface area contributed by atoms with E-state index in [1.807, 2.05) is 6.07 Å². The van der Waals surface area contributed by atoms with Crippen LogP contribution < -0.4 is 5.73 Å². The number of nitrogens with two attached hydrogens (primary N) is 1. The Morgan fingerprint density at radius 2 is 2.22 bits per heavy atom. The third kappa shape index (κ3) is 4.24. The Morgan fingerprint density at radius 1 is 1.44 bits per heavy atom. The van der Waals surface area contributed by atoms with Gasteiger partial charge in [0.2, 0.25) is 0 Å². The molecule has 0 amide bonds. The zero-order valence-corrected chi connectivity index (χ0v) is 10.9. The molecular formula is C15H21NO2. The molecule has 0 aliphatic carbocycles. The zero-order valence-electron chi connectivity index (χ0n) is 10.9. The van der Waals surface area contributed by atoms with Crippen LogP contribution in [0.15, 0.2) is 30.9 Å². The average molecular weight is 247 g/mol. The van der Waals surface area contributed by atoms with Crippen LogP contribution in [0.5, 0.6) is 0 Å². The van der Waals surface area contributed by atoms with Crippen LogP contribution in [-0.2, 0) is 11.2 Å². The molecule has 0 atom stereocenters. The topological polar surface area (TPSA) is 52.3 Å². The summed E-state index contributed by atoms with van der Waals surface area (Å²) in [5, 5.41) is 0. The van der Waals surface area contributed by atoms with E-state index in [-0.39, 0.29) is 12.6 Å². The Balaban J connectivity index is 2.81. The molecule has 1 aromatic carbocycles. The van der Waals surface area contributed by atoms with E-state index in [1.54, 1.807) is 18.2 Å². The van der Waals surface area contributed by atoms with E-state index >= 15 is 0 Å². The molecule has 0 fully saturated rings. The van der Waals surface area contributed by atoms with Crippen LogP contribution in [-0.4, -0.2) is 12.6 Å². The highest BCUT2D eigenvalue weighted by molar-refractivity contribution is 5.91. The SMILES string of the molecule is C=CCOC(=O)c1ccc(N)cc1CCCCC. The van der Waals surface area contributed by atoms with Crippen LogP contribution in [0.4, 0.5) is 5.69 Å². The minimum absolute atomic E-state index is 0.234. The van der Waals surface area contributed by atoms with Crippen LogP contribution in [0, 0.1) is 0 Å². The second-order valence-electron chi connectivity index (χ2n) is 4.26. The third-order valence-electron chi connectivity index (χ3n) is 2.73. The number of rotatable bonds is 7. The van der Waals surface area contributed by atoms with Crippen molar-refractivity contribution in [3.63, 3.8) is 0 Å². The monoisotopic (exact) mass is 247 g/mol. The summed E-state index contributed by atoms with van der Waals surface area (Å²) in [6.07, 6.45) is 5.78. The number of ether oxygens (including phenoxy) is 1. The molecule has 1 rings (SSSR count). The highest BCUT2D eigenvalue weighted by atomic mass is 16.5. The molecule has 0 heterocycles. The maximum atomic E-state index is 11.9. The highest BCUT2D eigenvalue weighted by Gasteiger charge is 2.12. The second-order valence-corrected chi connectivity index (χ2v) is 4.26. The van der Waals surface area contributed by atoms with E-state index in [4.69, 9.17) is 10.5 Å². The van der Waals surface area contributed by atoms with Crippen molar-refractivity contribution in [2.75, 3.05) is 12.3 Å². The summed E-state index contributed by atoms with van der Waals surface area (Å²) in [7, 11) is 0. The van der Waals surface area contributed by atoms with E-state index in [0.29, 0.717) is 11.3 Å². The molecule has 0 saturated carbocycles. The minimum atomic E-state index is -0.304. The lowest BCUT2D eigenvalue weighted by Gasteiger charge is -2.09. The van der Waals surface area contributed by atoms with E-state index < -0.39 is 0 Å². The molecule has 3 nitrogen and oxygen atoms in total. The highest BCUT2D eigenvalue weighted by Crippen LogP contribution is 2.17. The van der Waals surface area contributed by atoms with E-state index in [9.17, 15) is 4.79 Å². The van der Waals surface area contributed by atoms with Crippen molar-refractivity contribution < 1.29 is 9.53 Å². The minimum Gasteiger partial charge on any atom is -0.458 e. The summed E-state index contributed by atoms with van der Waals surface area (Å²) in [5.41, 5.74) is 8.03. The summed E-state index contributed by atoms with van der Waals surface area (Å²) in [6.45, 7) is 5.91. The number of aryl methyl sites for hydroxylation is 1. The normalized spacial score (nSPS) is 10.1. The Labute approximate surface area is 109 Å². The summed E-state index contributed by atoms with van der Waals surface area (Å²) in [5.74, 6) is -0.304. The lowest BCUT2D eigenvalue weighted by Crippen LogP contribution is -2.09. The first-order valence-electron chi connectivity index (χ1n) is 6.35. The van der Waals surface area contributed by atoms with Crippen LogP contribution in [0.2, 0.25) is 0 Å². The molecule has 0 aliphatic rings. The van der Waals surface area contributed by atoms with Gasteiger partial charge in [0.15, 0.2) is 0 Å². The van der Waals surface area contributed by atoms with Gasteiger partial charge in [-0.25, -0.2) is 4.79 Å². The molecule has 0 aliphatic heterocycles. The van der Waals surface area contributed by atoms with Crippen LogP contribution in [0.25, 0.3) is 0 Å². The predicted octanol–water partition coefficient (Wildman–Crippen LogP) is 3.34. The fourth-order valence-electron chi connectivity index (χ4n) is 1.80. The first-order chi connectivity index (χ1) is 8.69. The molecule has 3 heteroatoms. The number of esters is 1. The fourth-order valence-corrected chi connectivity index (χ4v) is 1.80. The van der Waals surface area contributed by atoms with Gasteiger partial charge in [-0.2, -0.15) is 0 Å². The number of nitrogen functional groups attached to an aromatic ring is 1. The van der Waals surface area contributed by atoms with Gasteiger partial charge in [0, 0.05) is 5.69 Å². The number of carbonyl (C=O) groups is 1. The summed E-state index contributed by atoms with van der Waals surface area (Å²) in [6, 6.07) is 5.33. The van der Waals surface area contributed by atoms with Gasteiger partial charge in [-0.3, -0.25) is 0 Å². The van der Waals surface area contributed by atoms with Gasteiger partial charge in [0.1, 0.15) is 6.61 Å². The van der Waals surface area contributed by atoms with Gasteiger partial charge in [0.05, 0.1) is 5.56 Å². The molecule has 0 radical (unpaired) electrons. The predicted molar refractivity (Wildman–Crippen MR) is 74.6 cm³/mol. The molecule has 0 bridgehead atoms.